The van der Waals surface area contributed by atoms with Crippen molar-refractivity contribution >= 4 is 40.9 Å². The monoisotopic (exact) mass is 452 g/mol. The lowest BCUT2D eigenvalue weighted by atomic mass is 10.1. The summed E-state index contributed by atoms with van der Waals surface area (Å²) < 4.78 is 10.5. The van der Waals surface area contributed by atoms with Gasteiger partial charge in [-0.05, 0) is 42.2 Å². The predicted molar refractivity (Wildman–Crippen MR) is 115 cm³/mol. The van der Waals surface area contributed by atoms with E-state index in [4.69, 9.17) is 21.1 Å². The van der Waals surface area contributed by atoms with E-state index in [1.807, 2.05) is 6.26 Å². The molecule has 1 unspecified atom stereocenters. The number of non-ortho nitro benzene ring substituents is 1. The third kappa shape index (κ3) is 6.64. The Morgan fingerprint density at radius 1 is 1.27 bits per heavy atom. The van der Waals surface area contributed by atoms with Gasteiger partial charge in [-0.15, -0.1) is 0 Å². The number of methoxy groups -OCH3 is 1. The van der Waals surface area contributed by atoms with E-state index in [9.17, 15) is 19.7 Å². The van der Waals surface area contributed by atoms with Crippen molar-refractivity contribution in [3.8, 4) is 5.75 Å². The van der Waals surface area contributed by atoms with E-state index < -0.39 is 22.8 Å². The van der Waals surface area contributed by atoms with Gasteiger partial charge in [0.25, 0.3) is 11.6 Å². The van der Waals surface area contributed by atoms with Gasteiger partial charge < -0.3 is 14.8 Å². The molecule has 1 amide bonds. The minimum atomic E-state index is -0.887. The molecular formula is C20H21ClN2O6S. The van der Waals surface area contributed by atoms with Crippen LogP contribution in [0.25, 0.3) is 0 Å². The number of nitrogens with zero attached hydrogens (tertiary/aromatic N) is 1. The topological polar surface area (TPSA) is 108 Å². The van der Waals surface area contributed by atoms with Crippen LogP contribution in [0.4, 0.5) is 5.69 Å². The molecule has 0 aliphatic carbocycles. The third-order valence-electron chi connectivity index (χ3n) is 4.12. The maximum absolute atomic E-state index is 12.6. The Balaban J connectivity index is 2.07. The number of carbonyl (C=O) groups excluding carboxylic acids is 2. The number of nitro benzene ring substituents is 1. The number of amides is 1. The van der Waals surface area contributed by atoms with Crippen molar-refractivity contribution in [2.45, 2.75) is 19.1 Å². The maximum atomic E-state index is 12.6. The van der Waals surface area contributed by atoms with E-state index in [0.717, 1.165) is 11.6 Å². The number of halogens is 1. The van der Waals surface area contributed by atoms with Crippen LogP contribution < -0.4 is 10.1 Å². The second kappa shape index (κ2) is 11.4. The lowest BCUT2D eigenvalue weighted by molar-refractivity contribution is -0.384. The highest BCUT2D eigenvalue weighted by Crippen LogP contribution is 2.23. The van der Waals surface area contributed by atoms with E-state index in [1.165, 1.54) is 23.9 Å². The van der Waals surface area contributed by atoms with Crippen molar-refractivity contribution in [1.82, 2.24) is 5.32 Å². The van der Waals surface area contributed by atoms with Crippen molar-refractivity contribution in [3.63, 3.8) is 0 Å². The molecule has 1 N–H and O–H groups in total. The molecule has 0 heterocycles. The Hall–Kier alpha value is -2.78. The van der Waals surface area contributed by atoms with Crippen molar-refractivity contribution in [3.05, 3.63) is 68.7 Å². The highest BCUT2D eigenvalue weighted by Gasteiger charge is 2.24. The van der Waals surface area contributed by atoms with Gasteiger partial charge in [0.1, 0.15) is 18.4 Å². The molecule has 0 aliphatic heterocycles. The largest absolute Gasteiger partial charge is 0.497 e. The lowest BCUT2D eigenvalue weighted by Crippen LogP contribution is -2.42. The molecule has 2 rings (SSSR count). The van der Waals surface area contributed by atoms with Crippen LogP contribution in [0, 0.1) is 10.1 Å². The molecule has 0 aromatic heterocycles. The van der Waals surface area contributed by atoms with Crippen LogP contribution in [0.5, 0.6) is 5.75 Å². The van der Waals surface area contributed by atoms with Gasteiger partial charge >= 0.3 is 5.97 Å². The van der Waals surface area contributed by atoms with Crippen molar-refractivity contribution in [1.29, 1.82) is 0 Å². The number of ether oxygens (including phenoxy) is 2. The molecule has 10 heteroatoms. The summed E-state index contributed by atoms with van der Waals surface area (Å²) in [6, 6.07) is 9.74. The second-order valence-electron chi connectivity index (χ2n) is 6.19. The van der Waals surface area contributed by atoms with Crippen LogP contribution in [-0.4, -0.2) is 42.0 Å². The number of hydrogen-bond donors (Lipinski definition) is 1. The molecule has 0 spiro atoms. The summed E-state index contributed by atoms with van der Waals surface area (Å²) in [4.78, 5) is 35.4. The minimum Gasteiger partial charge on any atom is -0.497 e. The summed E-state index contributed by atoms with van der Waals surface area (Å²) in [5.74, 6) is 0.0638. The van der Waals surface area contributed by atoms with E-state index in [-0.39, 0.29) is 22.9 Å². The minimum absolute atomic E-state index is 0.0277. The Kier molecular flexibility index (Phi) is 8.94. The Morgan fingerprint density at radius 2 is 2.03 bits per heavy atom. The van der Waals surface area contributed by atoms with Crippen LogP contribution >= 0.6 is 23.4 Å². The number of esters is 1. The molecule has 0 radical (unpaired) electrons. The summed E-state index contributed by atoms with van der Waals surface area (Å²) in [7, 11) is 1.54. The molecule has 1 atom stereocenters. The van der Waals surface area contributed by atoms with Gasteiger partial charge in [0.2, 0.25) is 0 Å². The SMILES string of the molecule is COc1cccc(COC(=O)C(CCSC)NC(=O)c2ccc([N+](=O)[O-])cc2Cl)c1. The van der Waals surface area contributed by atoms with E-state index in [1.54, 1.807) is 31.4 Å². The van der Waals surface area contributed by atoms with E-state index in [0.29, 0.717) is 17.9 Å². The molecule has 2 aromatic carbocycles. The second-order valence-corrected chi connectivity index (χ2v) is 7.58. The van der Waals surface area contributed by atoms with Crippen molar-refractivity contribution < 1.29 is 24.0 Å². The highest BCUT2D eigenvalue weighted by molar-refractivity contribution is 7.98. The summed E-state index contributed by atoms with van der Waals surface area (Å²) in [6.07, 6.45) is 2.24. The number of hydrogen-bond acceptors (Lipinski definition) is 7. The van der Waals surface area contributed by atoms with Crippen LogP contribution in [-0.2, 0) is 16.1 Å². The van der Waals surface area contributed by atoms with Gasteiger partial charge in [-0.3, -0.25) is 14.9 Å². The lowest BCUT2D eigenvalue weighted by Gasteiger charge is -2.18. The first-order chi connectivity index (χ1) is 14.3. The molecule has 0 saturated heterocycles. The first-order valence-corrected chi connectivity index (χ1v) is 10.7. The summed E-state index contributed by atoms with van der Waals surface area (Å²) in [5, 5.41) is 13.4. The average Bonchev–Trinajstić information content (AvgIpc) is 2.74. The quantitative estimate of drug-likeness (QED) is 0.331. The fourth-order valence-electron chi connectivity index (χ4n) is 2.54. The van der Waals surface area contributed by atoms with Crippen LogP contribution in [0.2, 0.25) is 5.02 Å². The van der Waals surface area contributed by atoms with Gasteiger partial charge in [-0.25, -0.2) is 4.79 Å². The summed E-state index contributed by atoms with van der Waals surface area (Å²) >= 11 is 7.53. The fraction of sp³-hybridized carbons (Fsp3) is 0.300. The molecule has 0 fully saturated rings. The molecular weight excluding hydrogens is 432 g/mol. The smallest absolute Gasteiger partial charge is 0.329 e. The Labute approximate surface area is 183 Å². The normalized spacial score (nSPS) is 11.4. The molecule has 2 aromatic rings. The van der Waals surface area contributed by atoms with Gasteiger partial charge in [0.05, 0.1) is 22.6 Å². The van der Waals surface area contributed by atoms with Gasteiger partial charge in [0.15, 0.2) is 0 Å². The zero-order valence-electron chi connectivity index (χ0n) is 16.4. The first kappa shape index (κ1) is 23.5. The number of rotatable bonds is 10. The third-order valence-corrected chi connectivity index (χ3v) is 5.08. The zero-order valence-corrected chi connectivity index (χ0v) is 18.0. The zero-order chi connectivity index (χ0) is 22.1. The van der Waals surface area contributed by atoms with Crippen LogP contribution in [0.15, 0.2) is 42.5 Å². The first-order valence-electron chi connectivity index (χ1n) is 8.89. The highest BCUT2D eigenvalue weighted by atomic mass is 35.5. The fourth-order valence-corrected chi connectivity index (χ4v) is 3.27. The summed E-state index contributed by atoms with van der Waals surface area (Å²) in [6.45, 7) is 0.0277. The molecule has 30 heavy (non-hydrogen) atoms. The van der Waals surface area contributed by atoms with Crippen molar-refractivity contribution in [2.75, 3.05) is 19.1 Å². The summed E-state index contributed by atoms with van der Waals surface area (Å²) in [5.41, 5.74) is 0.557. The number of nitrogens with one attached hydrogen (secondary N) is 1. The molecule has 8 nitrogen and oxygen atoms in total. The van der Waals surface area contributed by atoms with Crippen LogP contribution in [0.1, 0.15) is 22.3 Å². The molecule has 0 bridgehead atoms. The standard InChI is InChI=1S/C20H21ClN2O6S/c1-28-15-5-3-4-13(10-15)12-29-20(25)18(8-9-30-2)22-19(24)16-7-6-14(23(26)27)11-17(16)21/h3-7,10-11,18H,8-9,12H2,1-2H3,(H,22,24). The molecule has 0 saturated carbocycles. The Bertz CT molecular complexity index is 924. The average molecular weight is 453 g/mol. The number of thioether (sulfide) groups is 1. The van der Waals surface area contributed by atoms with Gasteiger partial charge in [0, 0.05) is 12.1 Å². The number of carbonyl (C=O) groups is 2. The number of nitro groups is 1. The van der Waals surface area contributed by atoms with Gasteiger partial charge in [-0.1, -0.05) is 23.7 Å². The molecule has 0 aliphatic rings. The van der Waals surface area contributed by atoms with Crippen LogP contribution in [0.3, 0.4) is 0 Å². The molecule has 160 valence electrons. The van der Waals surface area contributed by atoms with E-state index >= 15 is 0 Å². The van der Waals surface area contributed by atoms with Gasteiger partial charge in [-0.2, -0.15) is 11.8 Å². The Morgan fingerprint density at radius 3 is 2.67 bits per heavy atom. The van der Waals surface area contributed by atoms with E-state index in [2.05, 4.69) is 5.32 Å². The number of benzene rings is 2. The predicted octanol–water partition coefficient (Wildman–Crippen LogP) is 3.85. The maximum Gasteiger partial charge on any atom is 0.329 e. The van der Waals surface area contributed by atoms with Crippen molar-refractivity contribution in [2.24, 2.45) is 0 Å².